The van der Waals surface area contributed by atoms with E-state index in [0.717, 1.165) is 23.7 Å². The Kier molecular flexibility index (Phi) is 4.23. The normalized spacial score (nSPS) is 10.6. The molecule has 0 amide bonds. The number of aryl methyl sites for hydroxylation is 1. The molecule has 0 aliphatic rings. The summed E-state index contributed by atoms with van der Waals surface area (Å²) < 4.78 is 7.79. The summed E-state index contributed by atoms with van der Waals surface area (Å²) in [5, 5.41) is 0.665. The predicted octanol–water partition coefficient (Wildman–Crippen LogP) is 2.59. The number of hydrogen-bond acceptors (Lipinski definition) is 3. The quantitative estimate of drug-likeness (QED) is 0.904. The number of nitrogens with two attached hydrogens (primary N) is 1. The van der Waals surface area contributed by atoms with Crippen molar-refractivity contribution in [3.8, 4) is 5.75 Å². The Morgan fingerprint density at radius 3 is 3.00 bits per heavy atom. The van der Waals surface area contributed by atoms with Crippen molar-refractivity contribution in [2.45, 2.75) is 26.6 Å². The van der Waals surface area contributed by atoms with Crippen LogP contribution in [0.2, 0.25) is 5.02 Å². The van der Waals surface area contributed by atoms with E-state index in [2.05, 4.69) is 11.9 Å². The summed E-state index contributed by atoms with van der Waals surface area (Å²) in [4.78, 5) is 4.26. The highest BCUT2D eigenvalue weighted by Gasteiger charge is 2.06. The summed E-state index contributed by atoms with van der Waals surface area (Å²) in [6.07, 6.45) is 3.71. The maximum atomic E-state index is 5.92. The van der Waals surface area contributed by atoms with Gasteiger partial charge in [0.1, 0.15) is 18.2 Å². The van der Waals surface area contributed by atoms with Gasteiger partial charge in [-0.1, -0.05) is 11.6 Å². The average Bonchev–Trinajstić information content (AvgIpc) is 2.84. The number of hydrogen-bond donors (Lipinski definition) is 1. The molecule has 96 valence electrons. The SMILES string of the molecule is CCn1ccnc1COc1ccc(Cl)cc1CN. The van der Waals surface area contributed by atoms with Crippen LogP contribution in [0.4, 0.5) is 0 Å². The second-order valence-corrected chi connectivity index (χ2v) is 4.31. The van der Waals surface area contributed by atoms with Gasteiger partial charge in [0.05, 0.1) is 0 Å². The topological polar surface area (TPSA) is 53.1 Å². The molecule has 1 aromatic heterocycles. The van der Waals surface area contributed by atoms with Crippen LogP contribution in [0.15, 0.2) is 30.6 Å². The Bertz CT molecular complexity index is 525. The molecule has 0 radical (unpaired) electrons. The van der Waals surface area contributed by atoms with E-state index in [9.17, 15) is 0 Å². The van der Waals surface area contributed by atoms with E-state index in [0.29, 0.717) is 18.2 Å². The molecular weight excluding hydrogens is 250 g/mol. The lowest BCUT2D eigenvalue weighted by Gasteiger charge is -2.11. The Morgan fingerprint density at radius 2 is 2.28 bits per heavy atom. The van der Waals surface area contributed by atoms with Crippen molar-refractivity contribution >= 4 is 11.6 Å². The Morgan fingerprint density at radius 1 is 1.44 bits per heavy atom. The lowest BCUT2D eigenvalue weighted by molar-refractivity contribution is 0.287. The van der Waals surface area contributed by atoms with Gasteiger partial charge in [-0.15, -0.1) is 0 Å². The van der Waals surface area contributed by atoms with Crippen molar-refractivity contribution in [2.24, 2.45) is 5.73 Å². The first kappa shape index (κ1) is 12.9. The molecule has 5 heteroatoms. The van der Waals surface area contributed by atoms with Gasteiger partial charge in [-0.25, -0.2) is 4.98 Å². The molecule has 2 aromatic rings. The Hall–Kier alpha value is -1.52. The highest BCUT2D eigenvalue weighted by Crippen LogP contribution is 2.23. The van der Waals surface area contributed by atoms with E-state index in [1.165, 1.54) is 0 Å². The zero-order valence-electron chi connectivity index (χ0n) is 10.3. The van der Waals surface area contributed by atoms with Crippen LogP contribution < -0.4 is 10.5 Å². The Balaban J connectivity index is 2.10. The number of rotatable bonds is 5. The molecule has 0 spiro atoms. The van der Waals surface area contributed by atoms with Gasteiger partial charge < -0.3 is 15.0 Å². The number of nitrogens with zero attached hydrogens (tertiary/aromatic N) is 2. The third-order valence-electron chi connectivity index (χ3n) is 2.74. The largest absolute Gasteiger partial charge is 0.485 e. The van der Waals surface area contributed by atoms with Gasteiger partial charge in [0.25, 0.3) is 0 Å². The number of ether oxygens (including phenoxy) is 1. The highest BCUT2D eigenvalue weighted by atomic mass is 35.5. The fourth-order valence-electron chi connectivity index (χ4n) is 1.76. The van der Waals surface area contributed by atoms with E-state index >= 15 is 0 Å². The molecule has 0 atom stereocenters. The van der Waals surface area contributed by atoms with Gasteiger partial charge in [0.2, 0.25) is 0 Å². The van der Waals surface area contributed by atoms with E-state index in [1.54, 1.807) is 12.3 Å². The summed E-state index contributed by atoms with van der Waals surface area (Å²) in [6.45, 7) is 3.77. The molecule has 18 heavy (non-hydrogen) atoms. The third-order valence-corrected chi connectivity index (χ3v) is 2.98. The van der Waals surface area contributed by atoms with Gasteiger partial charge in [0, 0.05) is 36.1 Å². The van der Waals surface area contributed by atoms with Crippen LogP contribution in [0.1, 0.15) is 18.3 Å². The first-order valence-corrected chi connectivity index (χ1v) is 6.23. The molecule has 0 unspecified atom stereocenters. The van der Waals surface area contributed by atoms with Crippen LogP contribution in [0.5, 0.6) is 5.75 Å². The molecule has 0 aliphatic heterocycles. The van der Waals surface area contributed by atoms with Crippen molar-refractivity contribution in [3.05, 3.63) is 47.0 Å². The summed E-state index contributed by atoms with van der Waals surface area (Å²) in [6, 6.07) is 5.45. The predicted molar refractivity (Wildman–Crippen MR) is 71.6 cm³/mol. The third kappa shape index (κ3) is 2.83. The fraction of sp³-hybridized carbons (Fsp3) is 0.308. The smallest absolute Gasteiger partial charge is 0.146 e. The summed E-state index contributed by atoms with van der Waals surface area (Å²) in [7, 11) is 0. The molecular formula is C13H16ClN3O. The minimum Gasteiger partial charge on any atom is -0.485 e. The Labute approximate surface area is 111 Å². The highest BCUT2D eigenvalue weighted by molar-refractivity contribution is 6.30. The summed E-state index contributed by atoms with van der Waals surface area (Å²) >= 11 is 5.92. The molecule has 2 rings (SSSR count). The second kappa shape index (κ2) is 5.89. The van der Waals surface area contributed by atoms with Crippen molar-refractivity contribution in [2.75, 3.05) is 0 Å². The van der Waals surface area contributed by atoms with Crippen molar-refractivity contribution in [3.63, 3.8) is 0 Å². The van der Waals surface area contributed by atoms with Crippen LogP contribution in [0, 0.1) is 0 Å². The zero-order chi connectivity index (χ0) is 13.0. The van der Waals surface area contributed by atoms with Crippen molar-refractivity contribution in [1.29, 1.82) is 0 Å². The van der Waals surface area contributed by atoms with Crippen LogP contribution in [-0.4, -0.2) is 9.55 Å². The van der Waals surface area contributed by atoms with Gasteiger partial charge in [-0.05, 0) is 25.1 Å². The van der Waals surface area contributed by atoms with Gasteiger partial charge in [0.15, 0.2) is 0 Å². The molecule has 0 fully saturated rings. The monoisotopic (exact) mass is 265 g/mol. The molecule has 1 heterocycles. The lowest BCUT2D eigenvalue weighted by atomic mass is 10.2. The fourth-order valence-corrected chi connectivity index (χ4v) is 1.95. The van der Waals surface area contributed by atoms with Crippen LogP contribution in [-0.2, 0) is 19.7 Å². The molecule has 0 aliphatic carbocycles. The molecule has 0 bridgehead atoms. The molecule has 0 saturated heterocycles. The van der Waals surface area contributed by atoms with Gasteiger partial charge in [-0.3, -0.25) is 0 Å². The van der Waals surface area contributed by atoms with Gasteiger partial charge >= 0.3 is 0 Å². The van der Waals surface area contributed by atoms with Gasteiger partial charge in [-0.2, -0.15) is 0 Å². The van der Waals surface area contributed by atoms with E-state index in [4.69, 9.17) is 22.1 Å². The van der Waals surface area contributed by atoms with Crippen LogP contribution in [0.3, 0.4) is 0 Å². The zero-order valence-corrected chi connectivity index (χ0v) is 11.0. The number of halogens is 1. The number of benzene rings is 1. The summed E-state index contributed by atoms with van der Waals surface area (Å²) in [5.41, 5.74) is 6.57. The molecule has 4 nitrogen and oxygen atoms in total. The first-order chi connectivity index (χ1) is 8.74. The molecule has 1 aromatic carbocycles. The van der Waals surface area contributed by atoms with Crippen molar-refractivity contribution in [1.82, 2.24) is 9.55 Å². The van der Waals surface area contributed by atoms with E-state index in [1.807, 2.05) is 22.9 Å². The molecule has 0 saturated carbocycles. The van der Waals surface area contributed by atoms with Crippen LogP contribution in [0.25, 0.3) is 0 Å². The average molecular weight is 266 g/mol. The lowest BCUT2D eigenvalue weighted by Crippen LogP contribution is -2.07. The summed E-state index contributed by atoms with van der Waals surface area (Å²) in [5.74, 6) is 1.66. The first-order valence-electron chi connectivity index (χ1n) is 5.86. The minimum atomic E-state index is 0.401. The second-order valence-electron chi connectivity index (χ2n) is 3.87. The minimum absolute atomic E-state index is 0.401. The number of aromatic nitrogens is 2. The number of imidazole rings is 1. The standard InChI is InChI=1S/C13H16ClN3O/c1-2-17-6-5-16-13(17)9-18-12-4-3-11(14)7-10(12)8-15/h3-7H,2,8-9,15H2,1H3. The maximum Gasteiger partial charge on any atom is 0.146 e. The van der Waals surface area contributed by atoms with E-state index in [-0.39, 0.29) is 0 Å². The van der Waals surface area contributed by atoms with Crippen molar-refractivity contribution < 1.29 is 4.74 Å². The van der Waals surface area contributed by atoms with Crippen LogP contribution >= 0.6 is 11.6 Å². The molecule has 2 N–H and O–H groups in total. The maximum absolute atomic E-state index is 5.92. The van der Waals surface area contributed by atoms with E-state index < -0.39 is 0 Å².